The van der Waals surface area contributed by atoms with Crippen LogP contribution in [0.25, 0.3) is 65.7 Å². The summed E-state index contributed by atoms with van der Waals surface area (Å²) in [5.41, 5.74) is 6.37. The Kier molecular flexibility index (Phi) is 4.36. The van der Waals surface area contributed by atoms with E-state index in [1.165, 1.54) is 16.3 Å². The van der Waals surface area contributed by atoms with E-state index < -0.39 is 0 Å². The molecule has 0 fully saturated rings. The molecular formula is C32H21NO2. The van der Waals surface area contributed by atoms with Crippen molar-refractivity contribution in [2.75, 3.05) is 7.11 Å². The van der Waals surface area contributed by atoms with Crippen molar-refractivity contribution in [1.82, 2.24) is 4.98 Å². The lowest BCUT2D eigenvalue weighted by Gasteiger charge is -2.18. The lowest BCUT2D eigenvalue weighted by atomic mass is 9.85. The molecule has 0 spiro atoms. The van der Waals surface area contributed by atoms with E-state index >= 15 is 0 Å². The molecular weight excluding hydrogens is 430 g/mol. The number of pyridine rings is 1. The van der Waals surface area contributed by atoms with E-state index in [4.69, 9.17) is 9.15 Å². The van der Waals surface area contributed by atoms with Crippen molar-refractivity contribution < 1.29 is 9.15 Å². The number of hydrogen-bond acceptors (Lipinski definition) is 3. The molecule has 2 aromatic heterocycles. The van der Waals surface area contributed by atoms with Crippen molar-refractivity contribution in [3.63, 3.8) is 0 Å². The summed E-state index contributed by atoms with van der Waals surface area (Å²) in [5, 5.41) is 6.89. The zero-order valence-electron chi connectivity index (χ0n) is 19.2. The maximum Gasteiger partial charge on any atom is 0.143 e. The van der Waals surface area contributed by atoms with Crippen LogP contribution in [0.1, 0.15) is 0 Å². The first kappa shape index (κ1) is 19.8. The molecule has 0 bridgehead atoms. The highest BCUT2D eigenvalue weighted by Crippen LogP contribution is 2.47. The van der Waals surface area contributed by atoms with Crippen LogP contribution in [0.15, 0.2) is 114 Å². The summed E-state index contributed by atoms with van der Waals surface area (Å²) in [5.74, 6) is 0.835. The van der Waals surface area contributed by atoms with Crippen molar-refractivity contribution in [3.8, 4) is 28.0 Å². The molecule has 0 radical (unpaired) electrons. The summed E-state index contributed by atoms with van der Waals surface area (Å²) in [4.78, 5) is 4.45. The standard InChI is InChI=1S/C32H21NO2/c1-34-22-14-12-20(13-15-22)29-27-17-16-26-23-8-4-5-11-28(23)35-32(26)31(27)25-10-3-2-9-24(25)30(29)21-7-6-18-33-19-21/h2-19H,1H3. The van der Waals surface area contributed by atoms with Crippen molar-refractivity contribution >= 4 is 43.5 Å². The van der Waals surface area contributed by atoms with E-state index in [0.29, 0.717) is 0 Å². The minimum atomic E-state index is 0.835. The third kappa shape index (κ3) is 2.95. The van der Waals surface area contributed by atoms with Crippen LogP contribution in [0.2, 0.25) is 0 Å². The van der Waals surface area contributed by atoms with Gasteiger partial charge in [0.2, 0.25) is 0 Å². The molecule has 3 nitrogen and oxygen atoms in total. The molecule has 2 heterocycles. The first-order valence-electron chi connectivity index (χ1n) is 11.7. The highest BCUT2D eigenvalue weighted by molar-refractivity contribution is 6.29. The molecule has 0 saturated carbocycles. The Morgan fingerprint density at radius 2 is 1.31 bits per heavy atom. The SMILES string of the molecule is COc1ccc(-c2c(-c3cccnc3)c3ccccc3c3c2ccc2c4ccccc4oc23)cc1. The van der Waals surface area contributed by atoms with Gasteiger partial charge >= 0.3 is 0 Å². The number of rotatable bonds is 3. The van der Waals surface area contributed by atoms with E-state index in [-0.39, 0.29) is 0 Å². The molecule has 0 aliphatic rings. The summed E-state index contributed by atoms with van der Waals surface area (Å²) in [7, 11) is 1.69. The fourth-order valence-electron chi connectivity index (χ4n) is 5.32. The van der Waals surface area contributed by atoms with Crippen molar-refractivity contribution in [2.24, 2.45) is 0 Å². The molecule has 0 aliphatic heterocycles. The number of benzene rings is 5. The van der Waals surface area contributed by atoms with E-state index in [2.05, 4.69) is 71.7 Å². The lowest BCUT2D eigenvalue weighted by Crippen LogP contribution is -1.93. The Morgan fingerprint density at radius 1 is 0.600 bits per heavy atom. The van der Waals surface area contributed by atoms with Gasteiger partial charge in [0, 0.05) is 34.1 Å². The Labute approximate surface area is 202 Å². The van der Waals surface area contributed by atoms with Crippen LogP contribution in [-0.4, -0.2) is 12.1 Å². The van der Waals surface area contributed by atoms with Crippen LogP contribution in [0.4, 0.5) is 0 Å². The van der Waals surface area contributed by atoms with Crippen LogP contribution in [0.3, 0.4) is 0 Å². The van der Waals surface area contributed by atoms with Crippen LogP contribution in [0, 0.1) is 0 Å². The predicted molar refractivity (Wildman–Crippen MR) is 144 cm³/mol. The molecule has 0 amide bonds. The van der Waals surface area contributed by atoms with Crippen molar-refractivity contribution in [3.05, 3.63) is 109 Å². The number of hydrogen-bond donors (Lipinski definition) is 0. The van der Waals surface area contributed by atoms with Crippen molar-refractivity contribution in [2.45, 2.75) is 0 Å². The molecule has 0 atom stereocenters. The van der Waals surface area contributed by atoms with E-state index in [9.17, 15) is 0 Å². The summed E-state index contributed by atoms with van der Waals surface area (Å²) < 4.78 is 12.0. The summed E-state index contributed by atoms with van der Waals surface area (Å²) >= 11 is 0. The topological polar surface area (TPSA) is 35.3 Å². The average molecular weight is 452 g/mol. The molecule has 3 heteroatoms. The molecule has 166 valence electrons. The molecule has 0 N–H and O–H groups in total. The van der Waals surface area contributed by atoms with E-state index in [0.717, 1.165) is 55.2 Å². The zero-order valence-corrected chi connectivity index (χ0v) is 19.2. The summed E-state index contributed by atoms with van der Waals surface area (Å²) in [6.07, 6.45) is 3.76. The Hall–Kier alpha value is -4.63. The molecule has 35 heavy (non-hydrogen) atoms. The highest BCUT2D eigenvalue weighted by Gasteiger charge is 2.21. The zero-order chi connectivity index (χ0) is 23.4. The van der Waals surface area contributed by atoms with Gasteiger partial charge in [-0.05, 0) is 63.2 Å². The minimum Gasteiger partial charge on any atom is -0.497 e. The normalized spacial score (nSPS) is 11.6. The van der Waals surface area contributed by atoms with Gasteiger partial charge in [0.05, 0.1) is 7.11 Å². The van der Waals surface area contributed by atoms with Gasteiger partial charge in [0.25, 0.3) is 0 Å². The molecule has 0 saturated heterocycles. The largest absolute Gasteiger partial charge is 0.497 e. The Bertz CT molecular complexity index is 1870. The minimum absolute atomic E-state index is 0.835. The lowest BCUT2D eigenvalue weighted by molar-refractivity contribution is 0.415. The smallest absolute Gasteiger partial charge is 0.143 e. The number of nitrogens with zero attached hydrogens (tertiary/aromatic N) is 1. The van der Waals surface area contributed by atoms with E-state index in [1.54, 1.807) is 7.11 Å². The average Bonchev–Trinajstić information content (AvgIpc) is 3.31. The predicted octanol–water partition coefficient (Wildman–Crippen LogP) is 8.63. The number of para-hydroxylation sites is 1. The number of aromatic nitrogens is 1. The van der Waals surface area contributed by atoms with Gasteiger partial charge in [0.15, 0.2) is 0 Å². The molecule has 7 rings (SSSR count). The third-order valence-electron chi connectivity index (χ3n) is 6.86. The monoisotopic (exact) mass is 451 g/mol. The van der Waals surface area contributed by atoms with Crippen LogP contribution in [0.5, 0.6) is 5.75 Å². The molecule has 5 aromatic carbocycles. The van der Waals surface area contributed by atoms with Crippen LogP contribution >= 0.6 is 0 Å². The van der Waals surface area contributed by atoms with Gasteiger partial charge in [-0.25, -0.2) is 0 Å². The second-order valence-corrected chi connectivity index (χ2v) is 8.73. The van der Waals surface area contributed by atoms with E-state index in [1.807, 2.05) is 42.7 Å². The molecule has 0 aliphatic carbocycles. The quantitative estimate of drug-likeness (QED) is 0.252. The molecule has 7 aromatic rings. The second-order valence-electron chi connectivity index (χ2n) is 8.73. The number of ether oxygens (including phenoxy) is 1. The molecule has 0 unspecified atom stereocenters. The third-order valence-corrected chi connectivity index (χ3v) is 6.86. The van der Waals surface area contributed by atoms with Crippen LogP contribution < -0.4 is 4.74 Å². The second kappa shape index (κ2) is 7.71. The van der Waals surface area contributed by atoms with Gasteiger partial charge in [-0.2, -0.15) is 0 Å². The van der Waals surface area contributed by atoms with Crippen molar-refractivity contribution in [1.29, 1.82) is 0 Å². The maximum atomic E-state index is 6.51. The number of fused-ring (bicyclic) bond motifs is 7. The first-order valence-corrected chi connectivity index (χ1v) is 11.7. The van der Waals surface area contributed by atoms with Gasteiger partial charge < -0.3 is 9.15 Å². The first-order chi connectivity index (χ1) is 17.3. The summed E-state index contributed by atoms with van der Waals surface area (Å²) in [6.45, 7) is 0. The van der Waals surface area contributed by atoms with Gasteiger partial charge in [-0.15, -0.1) is 0 Å². The highest BCUT2D eigenvalue weighted by atomic mass is 16.5. The van der Waals surface area contributed by atoms with Gasteiger partial charge in [-0.3, -0.25) is 4.98 Å². The number of methoxy groups -OCH3 is 1. The number of furan rings is 1. The summed E-state index contributed by atoms with van der Waals surface area (Å²) in [6, 6.07) is 33.7. The maximum absolute atomic E-state index is 6.51. The Morgan fingerprint density at radius 3 is 2.09 bits per heavy atom. The van der Waals surface area contributed by atoms with Crippen LogP contribution in [-0.2, 0) is 0 Å². The fourth-order valence-corrected chi connectivity index (χ4v) is 5.32. The van der Waals surface area contributed by atoms with Gasteiger partial charge in [-0.1, -0.05) is 66.7 Å². The van der Waals surface area contributed by atoms with Gasteiger partial charge in [0.1, 0.15) is 16.9 Å². The fraction of sp³-hybridized carbons (Fsp3) is 0.0312. The Balaban J connectivity index is 1.73.